The Bertz CT molecular complexity index is 842. The average Bonchev–Trinajstić information content (AvgIpc) is 3.43. The Balaban J connectivity index is 1.43. The second-order valence-corrected chi connectivity index (χ2v) is 8.43. The fourth-order valence-electron chi connectivity index (χ4n) is 3.37. The van der Waals surface area contributed by atoms with Gasteiger partial charge in [0.05, 0.1) is 5.75 Å². The molecule has 2 aliphatic rings. The van der Waals surface area contributed by atoms with Gasteiger partial charge in [0.15, 0.2) is 5.16 Å². The van der Waals surface area contributed by atoms with Crippen molar-refractivity contribution in [1.29, 1.82) is 0 Å². The van der Waals surface area contributed by atoms with Gasteiger partial charge in [-0.25, -0.2) is 8.78 Å². The van der Waals surface area contributed by atoms with Crippen LogP contribution in [0, 0.1) is 17.6 Å². The Hall–Kier alpha value is -2.16. The van der Waals surface area contributed by atoms with Crippen LogP contribution in [0.15, 0.2) is 23.4 Å². The van der Waals surface area contributed by atoms with Crippen LogP contribution in [0.4, 0.5) is 20.4 Å². The number of thioether (sulfide) groups is 1. The van der Waals surface area contributed by atoms with E-state index in [0.29, 0.717) is 11.2 Å². The minimum atomic E-state index is -0.791. The highest BCUT2D eigenvalue weighted by Crippen LogP contribution is 2.41. The van der Waals surface area contributed by atoms with Crippen LogP contribution in [0.3, 0.4) is 0 Å². The maximum atomic E-state index is 13.7. The average molecular weight is 407 g/mol. The van der Waals surface area contributed by atoms with Crippen LogP contribution < -0.4 is 10.2 Å². The van der Waals surface area contributed by atoms with E-state index in [9.17, 15) is 13.6 Å². The summed E-state index contributed by atoms with van der Waals surface area (Å²) in [5.41, 5.74) is -0.417. The molecule has 2 aromatic rings. The normalized spacial score (nSPS) is 17.8. The molecule has 1 saturated carbocycles. The van der Waals surface area contributed by atoms with E-state index >= 15 is 0 Å². The van der Waals surface area contributed by atoms with Crippen molar-refractivity contribution in [3.05, 3.63) is 29.8 Å². The molecule has 28 heavy (non-hydrogen) atoms. The van der Waals surface area contributed by atoms with Gasteiger partial charge in [0.25, 0.3) is 0 Å². The zero-order chi connectivity index (χ0) is 19.7. The topological polar surface area (TPSA) is 63.1 Å². The number of amides is 1. The lowest BCUT2D eigenvalue weighted by atomic mass is 10.00. The molecular weight excluding hydrogens is 384 g/mol. The molecule has 0 unspecified atom stereocenters. The molecule has 1 aromatic carbocycles. The SMILES string of the molecule is CC1CCN(c2nnc(SCC(=O)Nc3c(F)cccc3F)n2C2CC2)CC1. The maximum absolute atomic E-state index is 13.7. The lowest BCUT2D eigenvalue weighted by Gasteiger charge is -2.31. The maximum Gasteiger partial charge on any atom is 0.235 e. The van der Waals surface area contributed by atoms with E-state index in [1.165, 1.54) is 17.8 Å². The Kier molecular flexibility index (Phi) is 5.52. The molecule has 0 atom stereocenters. The third-order valence-corrected chi connectivity index (χ3v) is 6.13. The van der Waals surface area contributed by atoms with Crippen molar-refractivity contribution in [3.63, 3.8) is 0 Å². The first-order chi connectivity index (χ1) is 13.5. The zero-order valence-corrected chi connectivity index (χ0v) is 16.5. The van der Waals surface area contributed by atoms with Gasteiger partial charge in [-0.05, 0) is 43.7 Å². The largest absolute Gasteiger partial charge is 0.341 e. The number of benzene rings is 1. The number of anilines is 2. The number of halogens is 2. The molecule has 0 radical (unpaired) electrons. The predicted octanol–water partition coefficient (Wildman–Crippen LogP) is 3.86. The molecule has 6 nitrogen and oxygen atoms in total. The minimum Gasteiger partial charge on any atom is -0.341 e. The summed E-state index contributed by atoms with van der Waals surface area (Å²) in [5.74, 6) is -0.451. The number of hydrogen-bond acceptors (Lipinski definition) is 5. The summed E-state index contributed by atoms with van der Waals surface area (Å²) in [5, 5.41) is 11.7. The number of piperidine rings is 1. The smallest absolute Gasteiger partial charge is 0.235 e. The van der Waals surface area contributed by atoms with Gasteiger partial charge in [0.2, 0.25) is 11.9 Å². The van der Waals surface area contributed by atoms with Crippen LogP contribution >= 0.6 is 11.8 Å². The Labute approximate surface area is 166 Å². The van der Waals surface area contributed by atoms with Crippen LogP contribution in [0.5, 0.6) is 0 Å². The van der Waals surface area contributed by atoms with Crippen molar-refractivity contribution in [2.24, 2.45) is 5.92 Å². The molecule has 150 valence electrons. The van der Waals surface area contributed by atoms with Crippen LogP contribution in [-0.2, 0) is 4.79 Å². The summed E-state index contributed by atoms with van der Waals surface area (Å²) >= 11 is 1.25. The van der Waals surface area contributed by atoms with Gasteiger partial charge in [-0.1, -0.05) is 24.8 Å². The molecule has 1 aromatic heterocycles. The van der Waals surface area contributed by atoms with Gasteiger partial charge < -0.3 is 10.2 Å². The summed E-state index contributed by atoms with van der Waals surface area (Å²) in [7, 11) is 0. The molecule has 9 heteroatoms. The van der Waals surface area contributed by atoms with Crippen molar-refractivity contribution in [2.75, 3.05) is 29.1 Å². The van der Waals surface area contributed by atoms with Crippen LogP contribution in [0.25, 0.3) is 0 Å². The molecule has 0 bridgehead atoms. The Morgan fingerprint density at radius 2 is 1.86 bits per heavy atom. The molecule has 1 amide bonds. The predicted molar refractivity (Wildman–Crippen MR) is 105 cm³/mol. The number of carbonyl (C=O) groups is 1. The number of rotatable bonds is 6. The van der Waals surface area contributed by atoms with E-state index in [0.717, 1.165) is 62.8 Å². The highest BCUT2D eigenvalue weighted by molar-refractivity contribution is 7.99. The Morgan fingerprint density at radius 1 is 1.18 bits per heavy atom. The number of nitrogens with zero attached hydrogens (tertiary/aromatic N) is 4. The van der Waals surface area contributed by atoms with Crippen molar-refractivity contribution >= 4 is 29.3 Å². The molecule has 2 fully saturated rings. The minimum absolute atomic E-state index is 0.00959. The number of nitrogens with one attached hydrogen (secondary N) is 1. The number of aromatic nitrogens is 3. The first kappa shape index (κ1) is 19.2. The molecule has 4 rings (SSSR count). The Morgan fingerprint density at radius 3 is 2.50 bits per heavy atom. The van der Waals surface area contributed by atoms with Crippen molar-refractivity contribution in [1.82, 2.24) is 14.8 Å². The first-order valence-corrected chi connectivity index (χ1v) is 10.6. The molecule has 0 spiro atoms. The monoisotopic (exact) mass is 407 g/mol. The molecule has 1 aliphatic heterocycles. The number of carbonyl (C=O) groups excluding carboxylic acids is 1. The molecule has 1 aliphatic carbocycles. The quantitative estimate of drug-likeness (QED) is 0.737. The van der Waals surface area contributed by atoms with Gasteiger partial charge in [-0.2, -0.15) is 0 Å². The molecule has 1 saturated heterocycles. The van der Waals surface area contributed by atoms with Gasteiger partial charge in [-0.15, -0.1) is 10.2 Å². The first-order valence-electron chi connectivity index (χ1n) is 9.59. The second kappa shape index (κ2) is 8.06. The van der Waals surface area contributed by atoms with Gasteiger partial charge in [-0.3, -0.25) is 9.36 Å². The van der Waals surface area contributed by atoms with Crippen molar-refractivity contribution in [2.45, 2.75) is 43.8 Å². The molecular formula is C19H23F2N5OS. The summed E-state index contributed by atoms with van der Waals surface area (Å²) in [6, 6.07) is 3.86. The second-order valence-electron chi connectivity index (χ2n) is 7.49. The third-order valence-electron chi connectivity index (χ3n) is 5.18. The van der Waals surface area contributed by atoms with Crippen LogP contribution in [0.2, 0.25) is 0 Å². The standard InChI is InChI=1S/C19H23F2N5OS/c1-12-7-9-25(10-8-12)18-23-24-19(26(18)13-5-6-13)28-11-16(27)22-17-14(20)3-2-4-15(17)21/h2-4,12-13H,5-11H2,1H3,(H,22,27). The molecule has 2 heterocycles. The lowest BCUT2D eigenvalue weighted by molar-refractivity contribution is -0.113. The molecule has 1 N–H and O–H groups in total. The number of para-hydroxylation sites is 1. The fourth-order valence-corrected chi connectivity index (χ4v) is 4.17. The summed E-state index contributed by atoms with van der Waals surface area (Å²) in [6.45, 7) is 4.19. The van der Waals surface area contributed by atoms with E-state index < -0.39 is 23.2 Å². The van der Waals surface area contributed by atoms with Crippen LogP contribution in [-0.4, -0.2) is 39.5 Å². The third kappa shape index (κ3) is 4.14. The van der Waals surface area contributed by atoms with E-state index in [4.69, 9.17) is 0 Å². The summed E-state index contributed by atoms with van der Waals surface area (Å²) in [6.07, 6.45) is 4.43. The van der Waals surface area contributed by atoms with Crippen molar-refractivity contribution in [3.8, 4) is 0 Å². The zero-order valence-electron chi connectivity index (χ0n) is 15.7. The summed E-state index contributed by atoms with van der Waals surface area (Å²) < 4.78 is 29.5. The van der Waals surface area contributed by atoms with E-state index in [-0.39, 0.29) is 5.75 Å². The van der Waals surface area contributed by atoms with Crippen LogP contribution in [0.1, 0.15) is 38.6 Å². The van der Waals surface area contributed by atoms with Crippen molar-refractivity contribution < 1.29 is 13.6 Å². The van der Waals surface area contributed by atoms with Gasteiger partial charge in [0, 0.05) is 19.1 Å². The highest BCUT2D eigenvalue weighted by atomic mass is 32.2. The van der Waals surface area contributed by atoms with E-state index in [1.807, 2.05) is 0 Å². The summed E-state index contributed by atoms with van der Waals surface area (Å²) in [4.78, 5) is 14.5. The van der Waals surface area contributed by atoms with E-state index in [1.54, 1.807) is 0 Å². The fraction of sp³-hybridized carbons (Fsp3) is 0.526. The number of hydrogen-bond donors (Lipinski definition) is 1. The lowest BCUT2D eigenvalue weighted by Crippen LogP contribution is -2.34. The van der Waals surface area contributed by atoms with E-state index in [2.05, 4.69) is 31.9 Å². The highest BCUT2D eigenvalue weighted by Gasteiger charge is 2.32. The van der Waals surface area contributed by atoms with Gasteiger partial charge in [0.1, 0.15) is 17.3 Å². The van der Waals surface area contributed by atoms with Gasteiger partial charge >= 0.3 is 0 Å².